The third-order valence-corrected chi connectivity index (χ3v) is 4.79. The van der Waals surface area contributed by atoms with E-state index in [4.69, 9.17) is 4.74 Å². The van der Waals surface area contributed by atoms with Crippen LogP contribution >= 0.6 is 0 Å². The molecule has 0 bridgehead atoms. The van der Waals surface area contributed by atoms with Crippen LogP contribution in [0.15, 0.2) is 54.6 Å². The molecule has 2 amide bonds. The van der Waals surface area contributed by atoms with Gasteiger partial charge in [-0.05, 0) is 36.6 Å². The van der Waals surface area contributed by atoms with E-state index in [2.05, 4.69) is 5.32 Å². The van der Waals surface area contributed by atoms with E-state index in [9.17, 15) is 9.59 Å². The molecule has 1 N–H and O–H groups in total. The zero-order valence-corrected chi connectivity index (χ0v) is 17.1. The molecule has 0 spiro atoms. The SMILES string of the molecule is CC(C)COC(=O)N1CCCN(C(=O)c2ccccc2Nc2ccccc2)CC1. The molecule has 1 aliphatic rings. The van der Waals surface area contributed by atoms with Crippen LogP contribution in [0.1, 0.15) is 30.6 Å². The molecule has 0 aromatic heterocycles. The number of rotatable bonds is 5. The highest BCUT2D eigenvalue weighted by Crippen LogP contribution is 2.22. The first-order valence-corrected chi connectivity index (χ1v) is 10.2. The Morgan fingerprint density at radius 3 is 2.34 bits per heavy atom. The van der Waals surface area contributed by atoms with Crippen molar-refractivity contribution in [1.82, 2.24) is 9.80 Å². The van der Waals surface area contributed by atoms with Gasteiger partial charge < -0.3 is 19.9 Å². The molecule has 1 fully saturated rings. The zero-order chi connectivity index (χ0) is 20.6. The van der Waals surface area contributed by atoms with Gasteiger partial charge in [-0.1, -0.05) is 44.2 Å². The van der Waals surface area contributed by atoms with Gasteiger partial charge in [0, 0.05) is 31.9 Å². The fourth-order valence-electron chi connectivity index (χ4n) is 3.26. The van der Waals surface area contributed by atoms with Gasteiger partial charge in [-0.25, -0.2) is 4.79 Å². The second kappa shape index (κ2) is 9.96. The van der Waals surface area contributed by atoms with Gasteiger partial charge in [-0.2, -0.15) is 0 Å². The lowest BCUT2D eigenvalue weighted by Crippen LogP contribution is -2.38. The number of hydrogen-bond donors (Lipinski definition) is 1. The summed E-state index contributed by atoms with van der Waals surface area (Å²) in [6, 6.07) is 17.3. The maximum absolute atomic E-state index is 13.2. The maximum Gasteiger partial charge on any atom is 0.409 e. The number of nitrogens with one attached hydrogen (secondary N) is 1. The van der Waals surface area contributed by atoms with Gasteiger partial charge in [0.1, 0.15) is 0 Å². The van der Waals surface area contributed by atoms with E-state index >= 15 is 0 Å². The smallest absolute Gasteiger partial charge is 0.409 e. The van der Waals surface area contributed by atoms with Crippen LogP contribution in [0.5, 0.6) is 0 Å². The molecule has 1 heterocycles. The van der Waals surface area contributed by atoms with Crippen molar-refractivity contribution in [2.75, 3.05) is 38.1 Å². The number of amides is 2. The summed E-state index contributed by atoms with van der Waals surface area (Å²) in [6.07, 6.45) is 0.440. The predicted molar refractivity (Wildman–Crippen MR) is 114 cm³/mol. The number of carbonyl (C=O) groups excluding carboxylic acids is 2. The van der Waals surface area contributed by atoms with Crippen LogP contribution in [-0.4, -0.2) is 54.6 Å². The van der Waals surface area contributed by atoms with Crippen molar-refractivity contribution < 1.29 is 14.3 Å². The van der Waals surface area contributed by atoms with E-state index in [1.807, 2.05) is 73.3 Å². The molecule has 2 aromatic carbocycles. The predicted octanol–water partition coefficient (Wildman–Crippen LogP) is 4.37. The second-order valence-corrected chi connectivity index (χ2v) is 7.64. The highest BCUT2D eigenvalue weighted by atomic mass is 16.6. The van der Waals surface area contributed by atoms with Gasteiger partial charge >= 0.3 is 6.09 Å². The number of hydrogen-bond acceptors (Lipinski definition) is 4. The van der Waals surface area contributed by atoms with Crippen molar-refractivity contribution in [1.29, 1.82) is 0 Å². The monoisotopic (exact) mass is 395 g/mol. The largest absolute Gasteiger partial charge is 0.449 e. The Balaban J connectivity index is 1.66. The Kier molecular flexibility index (Phi) is 7.11. The van der Waals surface area contributed by atoms with Crippen molar-refractivity contribution >= 4 is 23.4 Å². The third-order valence-electron chi connectivity index (χ3n) is 4.79. The van der Waals surface area contributed by atoms with E-state index < -0.39 is 0 Å². The molecule has 29 heavy (non-hydrogen) atoms. The number of nitrogens with zero attached hydrogens (tertiary/aromatic N) is 2. The van der Waals surface area contributed by atoms with Crippen molar-refractivity contribution in [3.05, 3.63) is 60.2 Å². The molecule has 1 aliphatic heterocycles. The average molecular weight is 396 g/mol. The first kappa shape index (κ1) is 20.7. The topological polar surface area (TPSA) is 61.9 Å². The lowest BCUT2D eigenvalue weighted by atomic mass is 10.1. The number of para-hydroxylation sites is 2. The number of benzene rings is 2. The van der Waals surface area contributed by atoms with Crippen molar-refractivity contribution in [2.24, 2.45) is 5.92 Å². The molecule has 0 unspecified atom stereocenters. The van der Waals surface area contributed by atoms with E-state index in [-0.39, 0.29) is 12.0 Å². The molecule has 0 radical (unpaired) electrons. The maximum atomic E-state index is 13.2. The molecule has 6 nitrogen and oxygen atoms in total. The summed E-state index contributed by atoms with van der Waals surface area (Å²) < 4.78 is 5.34. The van der Waals surface area contributed by atoms with Crippen molar-refractivity contribution in [3.8, 4) is 0 Å². The fraction of sp³-hybridized carbons (Fsp3) is 0.391. The second-order valence-electron chi connectivity index (χ2n) is 7.64. The van der Waals surface area contributed by atoms with Crippen LogP contribution in [0, 0.1) is 5.92 Å². The zero-order valence-electron chi connectivity index (χ0n) is 17.1. The van der Waals surface area contributed by atoms with Crippen LogP contribution in [0.25, 0.3) is 0 Å². The molecule has 0 aliphatic carbocycles. The lowest BCUT2D eigenvalue weighted by Gasteiger charge is -2.23. The molecule has 0 atom stereocenters. The van der Waals surface area contributed by atoms with Crippen LogP contribution in [-0.2, 0) is 4.74 Å². The van der Waals surface area contributed by atoms with Gasteiger partial charge in [0.25, 0.3) is 5.91 Å². The Bertz CT molecular complexity index is 823. The summed E-state index contributed by atoms with van der Waals surface area (Å²) in [6.45, 7) is 6.63. The molecule has 3 rings (SSSR count). The van der Waals surface area contributed by atoms with E-state index in [1.165, 1.54) is 0 Å². The normalized spacial score (nSPS) is 14.4. The fourth-order valence-corrected chi connectivity index (χ4v) is 3.26. The quantitative estimate of drug-likeness (QED) is 0.817. The molecular formula is C23H29N3O3. The van der Waals surface area contributed by atoms with Crippen molar-refractivity contribution in [2.45, 2.75) is 20.3 Å². The minimum absolute atomic E-state index is 0.0265. The summed E-state index contributed by atoms with van der Waals surface area (Å²) in [7, 11) is 0. The van der Waals surface area contributed by atoms with Gasteiger partial charge in [-0.15, -0.1) is 0 Å². The Morgan fingerprint density at radius 1 is 0.931 bits per heavy atom. The summed E-state index contributed by atoms with van der Waals surface area (Å²) in [5, 5.41) is 3.33. The van der Waals surface area contributed by atoms with Crippen LogP contribution in [0.3, 0.4) is 0 Å². The molecule has 6 heteroatoms. The van der Waals surface area contributed by atoms with Gasteiger partial charge in [-0.3, -0.25) is 4.79 Å². The van der Waals surface area contributed by atoms with Gasteiger partial charge in [0.05, 0.1) is 17.9 Å². The van der Waals surface area contributed by atoms with Crippen LogP contribution in [0.2, 0.25) is 0 Å². The van der Waals surface area contributed by atoms with E-state index in [0.717, 1.165) is 17.8 Å². The van der Waals surface area contributed by atoms with Gasteiger partial charge in [0.15, 0.2) is 0 Å². The van der Waals surface area contributed by atoms with Gasteiger partial charge in [0.2, 0.25) is 0 Å². The third kappa shape index (κ3) is 5.73. The van der Waals surface area contributed by atoms with E-state index in [1.54, 1.807) is 4.90 Å². The first-order chi connectivity index (χ1) is 14.0. The number of ether oxygens (including phenoxy) is 1. The molecule has 154 valence electrons. The Morgan fingerprint density at radius 2 is 1.59 bits per heavy atom. The highest BCUT2D eigenvalue weighted by Gasteiger charge is 2.25. The Labute approximate surface area is 172 Å². The molecular weight excluding hydrogens is 366 g/mol. The molecule has 0 saturated carbocycles. The molecule has 2 aromatic rings. The lowest BCUT2D eigenvalue weighted by molar-refractivity contribution is 0.0747. The summed E-state index contributed by atoms with van der Waals surface area (Å²) in [5.74, 6) is 0.277. The molecule has 1 saturated heterocycles. The number of carbonyl (C=O) groups is 2. The van der Waals surface area contributed by atoms with Crippen LogP contribution in [0.4, 0.5) is 16.2 Å². The highest BCUT2D eigenvalue weighted by molar-refractivity contribution is 6.00. The summed E-state index contributed by atoms with van der Waals surface area (Å²) >= 11 is 0. The van der Waals surface area contributed by atoms with E-state index in [0.29, 0.717) is 44.3 Å². The first-order valence-electron chi connectivity index (χ1n) is 10.2. The Hall–Kier alpha value is -3.02. The minimum Gasteiger partial charge on any atom is -0.449 e. The summed E-state index contributed by atoms with van der Waals surface area (Å²) in [5.41, 5.74) is 2.34. The summed E-state index contributed by atoms with van der Waals surface area (Å²) in [4.78, 5) is 29.0. The standard InChI is InChI=1S/C23H29N3O3/c1-18(2)17-29-23(28)26-14-8-13-25(15-16-26)22(27)20-11-6-7-12-21(20)24-19-9-4-3-5-10-19/h3-7,9-12,18,24H,8,13-17H2,1-2H3. The average Bonchev–Trinajstić information content (AvgIpc) is 2.99. The van der Waals surface area contributed by atoms with Crippen LogP contribution < -0.4 is 5.32 Å². The minimum atomic E-state index is -0.292. The number of anilines is 2. The van der Waals surface area contributed by atoms with Crippen molar-refractivity contribution in [3.63, 3.8) is 0 Å².